The zero-order valence-electron chi connectivity index (χ0n) is 12.0. The molecule has 0 aliphatic rings. The highest BCUT2D eigenvalue weighted by atomic mass is 32.1. The maximum absolute atomic E-state index is 14.1. The minimum atomic E-state index is -0.563. The molecular formula is C19H11FO2S. The van der Waals surface area contributed by atoms with E-state index in [0.717, 1.165) is 11.1 Å². The molecule has 0 spiro atoms. The van der Waals surface area contributed by atoms with E-state index in [1.54, 1.807) is 12.1 Å². The molecule has 0 saturated heterocycles. The lowest BCUT2D eigenvalue weighted by Crippen LogP contribution is -2.08. The fourth-order valence-corrected chi connectivity index (χ4v) is 3.31. The van der Waals surface area contributed by atoms with Gasteiger partial charge in [0.25, 0.3) is 0 Å². The van der Waals surface area contributed by atoms with E-state index in [4.69, 9.17) is 4.42 Å². The van der Waals surface area contributed by atoms with Crippen LogP contribution < -0.4 is 5.43 Å². The van der Waals surface area contributed by atoms with Crippen LogP contribution in [0.15, 0.2) is 74.6 Å². The summed E-state index contributed by atoms with van der Waals surface area (Å²) >= 11 is 1.48. The lowest BCUT2D eigenvalue weighted by molar-refractivity contribution is 0.605. The number of hydrogen-bond acceptors (Lipinski definition) is 3. The van der Waals surface area contributed by atoms with Gasteiger partial charge < -0.3 is 4.42 Å². The third-order valence-electron chi connectivity index (χ3n) is 3.71. The summed E-state index contributed by atoms with van der Waals surface area (Å²) in [5, 5.41) is 3.74. The fraction of sp³-hybridized carbons (Fsp3) is 0. The molecule has 0 fully saturated rings. The largest absolute Gasteiger partial charge is 0.455 e. The predicted molar refractivity (Wildman–Crippen MR) is 91.2 cm³/mol. The Balaban J connectivity index is 2.17. The average Bonchev–Trinajstić information content (AvgIpc) is 3.09. The number of fused-ring (bicyclic) bond motifs is 1. The van der Waals surface area contributed by atoms with E-state index in [-0.39, 0.29) is 16.4 Å². The first-order chi connectivity index (χ1) is 11.3. The normalized spacial score (nSPS) is 11.0. The molecule has 23 heavy (non-hydrogen) atoms. The van der Waals surface area contributed by atoms with Gasteiger partial charge in [-0.25, -0.2) is 4.39 Å². The Morgan fingerprint density at radius 1 is 0.913 bits per heavy atom. The number of halogens is 1. The molecule has 4 heteroatoms. The van der Waals surface area contributed by atoms with Crippen molar-refractivity contribution >= 4 is 22.3 Å². The van der Waals surface area contributed by atoms with E-state index in [1.165, 1.54) is 17.4 Å². The summed E-state index contributed by atoms with van der Waals surface area (Å²) in [7, 11) is 0. The van der Waals surface area contributed by atoms with Crippen molar-refractivity contribution in [3.05, 3.63) is 81.4 Å². The van der Waals surface area contributed by atoms with Crippen LogP contribution in [-0.4, -0.2) is 0 Å². The first kappa shape index (κ1) is 13.9. The van der Waals surface area contributed by atoms with Crippen molar-refractivity contribution in [2.45, 2.75) is 0 Å². The fourth-order valence-electron chi connectivity index (χ4n) is 2.66. The van der Waals surface area contributed by atoms with Gasteiger partial charge in [0.1, 0.15) is 22.5 Å². The van der Waals surface area contributed by atoms with Crippen LogP contribution in [0.1, 0.15) is 0 Å². The predicted octanol–water partition coefficient (Wildman–Crippen LogP) is 5.33. The Hall–Kier alpha value is -2.72. The summed E-state index contributed by atoms with van der Waals surface area (Å²) in [6.45, 7) is 0. The Labute approximate surface area is 135 Å². The second-order valence-electron chi connectivity index (χ2n) is 5.13. The minimum absolute atomic E-state index is 0.00613. The number of rotatable bonds is 2. The van der Waals surface area contributed by atoms with E-state index < -0.39 is 5.82 Å². The van der Waals surface area contributed by atoms with Gasteiger partial charge in [-0.1, -0.05) is 36.4 Å². The van der Waals surface area contributed by atoms with Crippen molar-refractivity contribution in [2.24, 2.45) is 0 Å². The van der Waals surface area contributed by atoms with Crippen molar-refractivity contribution in [3.8, 4) is 22.5 Å². The van der Waals surface area contributed by atoms with E-state index in [9.17, 15) is 9.18 Å². The second-order valence-corrected chi connectivity index (χ2v) is 5.91. The topological polar surface area (TPSA) is 30.2 Å². The Morgan fingerprint density at radius 3 is 2.48 bits per heavy atom. The van der Waals surface area contributed by atoms with Gasteiger partial charge in [0.2, 0.25) is 5.43 Å². The number of benzene rings is 2. The summed E-state index contributed by atoms with van der Waals surface area (Å²) < 4.78 is 20.1. The van der Waals surface area contributed by atoms with E-state index in [2.05, 4.69) is 0 Å². The summed E-state index contributed by atoms with van der Waals surface area (Å²) in [5.74, 6) is -0.0977. The zero-order valence-corrected chi connectivity index (χ0v) is 12.8. The molecule has 0 amide bonds. The first-order valence-electron chi connectivity index (χ1n) is 7.09. The minimum Gasteiger partial charge on any atom is -0.455 e. The maximum Gasteiger partial charge on any atom is 0.204 e. The molecular weight excluding hydrogens is 311 g/mol. The van der Waals surface area contributed by atoms with Crippen LogP contribution >= 0.6 is 11.3 Å². The van der Waals surface area contributed by atoms with Gasteiger partial charge in [0.05, 0.1) is 5.56 Å². The van der Waals surface area contributed by atoms with Crippen molar-refractivity contribution in [3.63, 3.8) is 0 Å². The van der Waals surface area contributed by atoms with Crippen LogP contribution in [0.2, 0.25) is 0 Å². The second kappa shape index (κ2) is 5.48. The van der Waals surface area contributed by atoms with Gasteiger partial charge >= 0.3 is 0 Å². The molecule has 0 bridgehead atoms. The first-order valence-corrected chi connectivity index (χ1v) is 8.03. The summed E-state index contributed by atoms with van der Waals surface area (Å²) in [4.78, 5) is 12.9. The molecule has 0 N–H and O–H groups in total. The standard InChI is InChI=1S/C19H11FO2S/c20-14-7-4-8-15-17(14)18(21)16(13-9-10-23-11-13)19(22-15)12-5-2-1-3-6-12/h1-11H. The molecule has 0 saturated carbocycles. The molecule has 0 atom stereocenters. The Bertz CT molecular complexity index is 1030. The lowest BCUT2D eigenvalue weighted by Gasteiger charge is -2.09. The molecule has 2 heterocycles. The van der Waals surface area contributed by atoms with Crippen molar-refractivity contribution in [1.82, 2.24) is 0 Å². The smallest absolute Gasteiger partial charge is 0.204 e. The molecule has 2 aromatic heterocycles. The molecule has 4 aromatic rings. The third-order valence-corrected chi connectivity index (χ3v) is 4.40. The monoisotopic (exact) mass is 322 g/mol. The molecule has 2 nitrogen and oxygen atoms in total. The molecule has 112 valence electrons. The quantitative estimate of drug-likeness (QED) is 0.499. The van der Waals surface area contributed by atoms with E-state index in [1.807, 2.05) is 47.2 Å². The Kier molecular flexibility index (Phi) is 3.32. The highest BCUT2D eigenvalue weighted by Gasteiger charge is 2.19. The Morgan fingerprint density at radius 2 is 1.74 bits per heavy atom. The number of thiophene rings is 1. The van der Waals surface area contributed by atoms with Gasteiger partial charge in [-0.2, -0.15) is 11.3 Å². The van der Waals surface area contributed by atoms with Gasteiger partial charge in [-0.3, -0.25) is 4.79 Å². The summed E-state index contributed by atoms with van der Waals surface area (Å²) in [6.07, 6.45) is 0. The van der Waals surface area contributed by atoms with Crippen LogP contribution in [0.3, 0.4) is 0 Å². The molecule has 0 unspecified atom stereocenters. The van der Waals surface area contributed by atoms with Gasteiger partial charge in [0, 0.05) is 11.1 Å². The SMILES string of the molecule is O=c1c(-c2ccsc2)c(-c2ccccc2)oc2cccc(F)c12. The van der Waals surface area contributed by atoms with Crippen LogP contribution in [-0.2, 0) is 0 Å². The molecule has 0 aliphatic heterocycles. The van der Waals surface area contributed by atoms with Gasteiger partial charge in [-0.15, -0.1) is 0 Å². The van der Waals surface area contributed by atoms with E-state index in [0.29, 0.717) is 11.3 Å². The van der Waals surface area contributed by atoms with Crippen LogP contribution in [0.4, 0.5) is 4.39 Å². The molecule has 4 rings (SSSR count). The van der Waals surface area contributed by atoms with Crippen molar-refractivity contribution < 1.29 is 8.81 Å². The van der Waals surface area contributed by atoms with Crippen molar-refractivity contribution in [2.75, 3.05) is 0 Å². The maximum atomic E-state index is 14.1. The van der Waals surface area contributed by atoms with Crippen LogP contribution in [0.25, 0.3) is 33.4 Å². The third kappa shape index (κ3) is 2.28. The summed E-state index contributed by atoms with van der Waals surface area (Å²) in [5.41, 5.74) is 1.84. The van der Waals surface area contributed by atoms with Crippen LogP contribution in [0.5, 0.6) is 0 Å². The molecule has 0 radical (unpaired) electrons. The van der Waals surface area contributed by atoms with Crippen molar-refractivity contribution in [1.29, 1.82) is 0 Å². The molecule has 0 aliphatic carbocycles. The number of hydrogen-bond donors (Lipinski definition) is 0. The van der Waals surface area contributed by atoms with E-state index >= 15 is 0 Å². The average molecular weight is 322 g/mol. The lowest BCUT2D eigenvalue weighted by atomic mass is 10.0. The zero-order chi connectivity index (χ0) is 15.8. The van der Waals surface area contributed by atoms with Gasteiger partial charge in [-0.05, 0) is 29.0 Å². The highest BCUT2D eigenvalue weighted by Crippen LogP contribution is 2.33. The van der Waals surface area contributed by atoms with Crippen LogP contribution in [0, 0.1) is 5.82 Å². The molecule has 2 aromatic carbocycles. The highest BCUT2D eigenvalue weighted by molar-refractivity contribution is 7.08. The summed E-state index contributed by atoms with van der Waals surface area (Å²) in [6, 6.07) is 15.7. The van der Waals surface area contributed by atoms with Gasteiger partial charge in [0.15, 0.2) is 0 Å².